The first kappa shape index (κ1) is 31.9. The van der Waals surface area contributed by atoms with Gasteiger partial charge in [0.05, 0.1) is 0 Å². The van der Waals surface area contributed by atoms with E-state index in [4.69, 9.17) is 0 Å². The summed E-state index contributed by atoms with van der Waals surface area (Å²) in [6.45, 7) is 11.4. The molecule has 0 bridgehead atoms. The van der Waals surface area contributed by atoms with Crippen LogP contribution in [-0.4, -0.2) is 19.5 Å². The van der Waals surface area contributed by atoms with E-state index in [1.807, 2.05) is 12.2 Å². The molecule has 1 aliphatic carbocycles. The predicted octanol–water partition coefficient (Wildman–Crippen LogP) is -4.71. The Hall–Kier alpha value is 1.66. The van der Waals surface area contributed by atoms with Crippen molar-refractivity contribution < 1.29 is 63.4 Å². The van der Waals surface area contributed by atoms with E-state index in [1.54, 1.807) is 0 Å². The molecular weight excluding hydrogens is 385 g/mol. The summed E-state index contributed by atoms with van der Waals surface area (Å²) in [6.07, 6.45) is 13.7. The molecule has 0 saturated heterocycles. The van der Waals surface area contributed by atoms with Crippen molar-refractivity contribution in [3.8, 4) is 0 Å². The SMILES string of the molecule is CP(C)C[CH-]C(C)(C)C.[C-]1=CC=CC1.[Cl-].[Cl-].[Cl-].[Zr+3]. The molecular formula is C13H23Cl3PZr-2. The van der Waals surface area contributed by atoms with Gasteiger partial charge in [-0.2, -0.15) is 17.7 Å². The molecule has 107 valence electrons. The molecule has 0 spiro atoms. The minimum Gasteiger partial charge on any atom is -1.00 e. The van der Waals surface area contributed by atoms with Crippen LogP contribution >= 0.6 is 7.92 Å². The number of hydrogen-bond acceptors (Lipinski definition) is 0. The van der Waals surface area contributed by atoms with Crippen LogP contribution in [0.25, 0.3) is 0 Å². The Balaban J connectivity index is -0.0000000552. The zero-order valence-electron chi connectivity index (χ0n) is 11.8. The molecule has 0 N–H and O–H groups in total. The first-order chi connectivity index (χ1) is 6.42. The van der Waals surface area contributed by atoms with Crippen molar-refractivity contribution in [3.63, 3.8) is 0 Å². The van der Waals surface area contributed by atoms with Gasteiger partial charge in [0.1, 0.15) is 0 Å². The Bertz CT molecular complexity index is 189. The van der Waals surface area contributed by atoms with Crippen molar-refractivity contribution in [3.05, 3.63) is 30.7 Å². The van der Waals surface area contributed by atoms with Gasteiger partial charge in [-0.1, -0.05) is 20.8 Å². The van der Waals surface area contributed by atoms with E-state index in [0.29, 0.717) is 5.41 Å². The Morgan fingerprint density at radius 3 is 1.78 bits per heavy atom. The molecule has 1 rings (SSSR count). The Labute approximate surface area is 153 Å². The van der Waals surface area contributed by atoms with Gasteiger partial charge in [-0.3, -0.25) is 6.08 Å². The molecule has 0 fully saturated rings. The van der Waals surface area contributed by atoms with Crippen LogP contribution in [0.15, 0.2) is 18.2 Å². The fraction of sp³-hybridized carbons (Fsp3) is 0.615. The van der Waals surface area contributed by atoms with Gasteiger partial charge in [0.15, 0.2) is 0 Å². The third-order valence-corrected chi connectivity index (χ3v) is 2.57. The summed E-state index contributed by atoms with van der Waals surface area (Å²) in [5, 5.41) is 0. The molecule has 1 aliphatic rings. The van der Waals surface area contributed by atoms with Gasteiger partial charge in [-0.25, -0.2) is 12.2 Å². The molecule has 1 radical (unpaired) electrons. The summed E-state index contributed by atoms with van der Waals surface area (Å²) in [5.41, 5.74) is 0.423. The molecule has 0 atom stereocenters. The maximum atomic E-state index is 2.99. The van der Waals surface area contributed by atoms with Crippen molar-refractivity contribution in [1.82, 2.24) is 0 Å². The van der Waals surface area contributed by atoms with Gasteiger partial charge in [0.2, 0.25) is 0 Å². The molecule has 0 nitrogen and oxygen atoms in total. The Kier molecular flexibility index (Phi) is 33.0. The molecule has 0 saturated carbocycles. The fourth-order valence-electron chi connectivity index (χ4n) is 0.797. The normalized spacial score (nSPS) is 11.2. The van der Waals surface area contributed by atoms with E-state index in [9.17, 15) is 0 Å². The summed E-state index contributed by atoms with van der Waals surface area (Å²) >= 11 is 0. The third-order valence-electron chi connectivity index (χ3n) is 1.65. The standard InChI is InChI=1S/C8H18P.C5H5.3ClH.Zr/c1-8(2,3)6-7-9(4)5;1-2-4-5-3-1;;;;/h6H,7H2,1-5H3;1-3H,4H2;3*1H;/q2*-1;;;;+3/p-3. The van der Waals surface area contributed by atoms with Crippen LogP contribution in [0.4, 0.5) is 0 Å². The molecule has 0 aromatic rings. The molecule has 0 aromatic carbocycles. The van der Waals surface area contributed by atoms with E-state index in [-0.39, 0.29) is 71.3 Å². The quantitative estimate of drug-likeness (QED) is 0.319. The second-order valence-electron chi connectivity index (χ2n) is 4.84. The summed E-state index contributed by atoms with van der Waals surface area (Å²) < 4.78 is 0. The minimum absolute atomic E-state index is 0. The van der Waals surface area contributed by atoms with Crippen molar-refractivity contribution >= 4 is 7.92 Å². The van der Waals surface area contributed by atoms with E-state index in [0.717, 1.165) is 6.42 Å². The number of rotatable bonds is 2. The predicted molar refractivity (Wildman–Crippen MR) is 69.0 cm³/mol. The summed E-state index contributed by atoms with van der Waals surface area (Å²) in [5.74, 6) is 0. The maximum absolute atomic E-state index is 2.99. The second-order valence-corrected chi connectivity index (χ2v) is 7.36. The van der Waals surface area contributed by atoms with Gasteiger partial charge < -0.3 is 43.6 Å². The Morgan fingerprint density at radius 1 is 1.17 bits per heavy atom. The van der Waals surface area contributed by atoms with Gasteiger partial charge in [-0.15, -0.1) is 14.3 Å². The van der Waals surface area contributed by atoms with Crippen LogP contribution in [0.3, 0.4) is 0 Å². The van der Waals surface area contributed by atoms with Crippen LogP contribution in [0.1, 0.15) is 27.2 Å². The monoisotopic (exact) mass is 405 g/mol. The van der Waals surface area contributed by atoms with Crippen molar-refractivity contribution in [2.75, 3.05) is 19.5 Å². The van der Waals surface area contributed by atoms with Crippen LogP contribution < -0.4 is 37.2 Å². The van der Waals surface area contributed by atoms with Crippen molar-refractivity contribution in [2.45, 2.75) is 27.2 Å². The topological polar surface area (TPSA) is 0 Å². The Morgan fingerprint density at radius 2 is 1.67 bits per heavy atom. The van der Waals surface area contributed by atoms with Crippen LogP contribution in [0.2, 0.25) is 0 Å². The molecule has 0 aromatic heterocycles. The van der Waals surface area contributed by atoms with E-state index in [2.05, 4.69) is 52.7 Å². The van der Waals surface area contributed by atoms with Crippen molar-refractivity contribution in [1.29, 1.82) is 0 Å². The van der Waals surface area contributed by atoms with E-state index >= 15 is 0 Å². The summed E-state index contributed by atoms with van der Waals surface area (Å²) in [4.78, 5) is 0. The third kappa shape index (κ3) is 30.6. The molecule has 0 unspecified atom stereocenters. The second kappa shape index (κ2) is 18.7. The average Bonchev–Trinajstić information content (AvgIpc) is 2.56. The molecule has 18 heavy (non-hydrogen) atoms. The van der Waals surface area contributed by atoms with Crippen molar-refractivity contribution in [2.24, 2.45) is 5.41 Å². The molecule has 5 heteroatoms. The van der Waals surface area contributed by atoms with Gasteiger partial charge in [0, 0.05) is 0 Å². The number of hydrogen-bond donors (Lipinski definition) is 0. The van der Waals surface area contributed by atoms with Crippen LogP contribution in [-0.2, 0) is 26.2 Å². The molecule has 0 amide bonds. The summed E-state index contributed by atoms with van der Waals surface area (Å²) in [6, 6.07) is 0. The molecule has 0 aliphatic heterocycles. The number of halogens is 3. The van der Waals surface area contributed by atoms with Gasteiger partial charge >= 0.3 is 26.2 Å². The largest absolute Gasteiger partial charge is 3.00 e. The fourth-order valence-corrected chi connectivity index (χ4v) is 1.71. The first-order valence-electron chi connectivity index (χ1n) is 5.12. The van der Waals surface area contributed by atoms with Gasteiger partial charge in [0.25, 0.3) is 0 Å². The average molecular weight is 408 g/mol. The van der Waals surface area contributed by atoms with Crippen LogP contribution in [0.5, 0.6) is 0 Å². The summed E-state index contributed by atoms with van der Waals surface area (Å²) in [7, 11) is 0.280. The minimum atomic E-state index is 0. The van der Waals surface area contributed by atoms with E-state index < -0.39 is 0 Å². The first-order valence-corrected chi connectivity index (χ1v) is 7.55. The zero-order valence-corrected chi connectivity index (χ0v) is 17.4. The molecule has 0 heterocycles. The smallest absolute Gasteiger partial charge is 1.00 e. The van der Waals surface area contributed by atoms with E-state index in [1.165, 1.54) is 6.16 Å². The number of allylic oxidation sites excluding steroid dienone is 4. The zero-order chi connectivity index (χ0) is 11.0. The van der Waals surface area contributed by atoms with Gasteiger partial charge in [-0.05, 0) is 13.3 Å². The van der Waals surface area contributed by atoms with Crippen LogP contribution in [0, 0.1) is 17.9 Å². The maximum Gasteiger partial charge on any atom is 3.00 e.